The van der Waals surface area contributed by atoms with Crippen molar-refractivity contribution in [2.24, 2.45) is 0 Å². The second-order valence-electron chi connectivity index (χ2n) is 4.23. The van der Waals surface area contributed by atoms with E-state index in [9.17, 15) is 14.4 Å². The summed E-state index contributed by atoms with van der Waals surface area (Å²) in [5.41, 5.74) is 1.25. The summed E-state index contributed by atoms with van der Waals surface area (Å²) in [5.74, 6) is -2.07. The molecule has 7 nitrogen and oxygen atoms in total. The van der Waals surface area contributed by atoms with Gasteiger partial charge in [-0.1, -0.05) is 17.7 Å². The van der Waals surface area contributed by atoms with Crippen molar-refractivity contribution in [2.75, 3.05) is 12.4 Å². The average Bonchev–Trinajstić information content (AvgIpc) is 2.41. The maximum Gasteiger partial charge on any atom is 0.326 e. The first kappa shape index (κ1) is 16.8. The predicted octanol–water partition coefficient (Wildman–Crippen LogP) is 1.79. The average molecular weight is 315 g/mol. The normalized spacial score (nSPS) is 11.4. The Hall–Kier alpha value is -2.28. The van der Waals surface area contributed by atoms with E-state index in [-0.39, 0.29) is 0 Å². The summed E-state index contributed by atoms with van der Waals surface area (Å²) < 4.78 is 4.37. The first-order valence-electron chi connectivity index (χ1n) is 5.96. The minimum absolute atomic E-state index is 0.408. The van der Waals surface area contributed by atoms with Crippen molar-refractivity contribution in [3.8, 4) is 0 Å². The Morgan fingerprint density at radius 1 is 1.38 bits per heavy atom. The topological polar surface area (TPSA) is 105 Å². The number of hydrogen-bond donors (Lipinski definition) is 3. The highest BCUT2D eigenvalue weighted by atomic mass is 35.5. The van der Waals surface area contributed by atoms with Gasteiger partial charge in [0.05, 0.1) is 13.5 Å². The molecule has 0 aliphatic carbocycles. The fourth-order valence-corrected chi connectivity index (χ4v) is 1.63. The van der Waals surface area contributed by atoms with Gasteiger partial charge in [0.2, 0.25) is 0 Å². The Morgan fingerprint density at radius 3 is 2.57 bits per heavy atom. The third-order valence-electron chi connectivity index (χ3n) is 2.63. The van der Waals surface area contributed by atoms with Gasteiger partial charge < -0.3 is 20.5 Å². The highest BCUT2D eigenvalue weighted by Gasteiger charge is 2.23. The van der Waals surface area contributed by atoms with Gasteiger partial charge in [-0.15, -0.1) is 0 Å². The first-order valence-corrected chi connectivity index (χ1v) is 6.34. The Morgan fingerprint density at radius 2 is 2.05 bits per heavy atom. The second kappa shape index (κ2) is 7.49. The van der Waals surface area contributed by atoms with Crippen molar-refractivity contribution in [3.63, 3.8) is 0 Å². The maximum atomic E-state index is 11.7. The number of ether oxygens (including phenoxy) is 1. The van der Waals surface area contributed by atoms with Crippen molar-refractivity contribution in [1.82, 2.24) is 5.32 Å². The van der Waals surface area contributed by atoms with Crippen LogP contribution in [0, 0.1) is 6.92 Å². The van der Waals surface area contributed by atoms with Crippen LogP contribution in [0.2, 0.25) is 5.02 Å². The molecule has 3 N–H and O–H groups in total. The number of anilines is 1. The molecule has 0 radical (unpaired) electrons. The number of nitrogens with one attached hydrogen (secondary N) is 2. The van der Waals surface area contributed by atoms with Crippen LogP contribution in [-0.2, 0) is 14.3 Å². The Balaban J connectivity index is 2.67. The summed E-state index contributed by atoms with van der Waals surface area (Å²) in [4.78, 5) is 33.8. The second-order valence-corrected chi connectivity index (χ2v) is 4.64. The number of carbonyl (C=O) groups excluding carboxylic acids is 2. The van der Waals surface area contributed by atoms with E-state index >= 15 is 0 Å². The third kappa shape index (κ3) is 5.31. The van der Waals surface area contributed by atoms with Crippen LogP contribution in [0.25, 0.3) is 0 Å². The fraction of sp³-hybridized carbons (Fsp3) is 0.308. The van der Waals surface area contributed by atoms with Gasteiger partial charge in [-0.2, -0.15) is 0 Å². The zero-order valence-electron chi connectivity index (χ0n) is 11.5. The largest absolute Gasteiger partial charge is 0.480 e. The molecule has 0 spiro atoms. The van der Waals surface area contributed by atoms with Crippen molar-refractivity contribution >= 4 is 35.3 Å². The molecule has 0 saturated carbocycles. The molecule has 0 aliphatic heterocycles. The highest BCUT2D eigenvalue weighted by Crippen LogP contribution is 2.19. The number of aryl methyl sites for hydroxylation is 1. The quantitative estimate of drug-likeness (QED) is 0.719. The zero-order chi connectivity index (χ0) is 16.0. The number of methoxy groups -OCH3 is 1. The van der Waals surface area contributed by atoms with Gasteiger partial charge >= 0.3 is 18.0 Å². The standard InChI is InChI=1S/C13H15ClN2O5/c1-7-3-4-8(5-9(7)14)15-13(20)16-10(12(18)19)6-11(17)21-2/h3-5,10H,6H2,1-2H3,(H,18,19)(H2,15,16,20)/t10-/m0/s1. The van der Waals surface area contributed by atoms with Crippen LogP contribution in [0.15, 0.2) is 18.2 Å². The monoisotopic (exact) mass is 314 g/mol. The summed E-state index contributed by atoms with van der Waals surface area (Å²) >= 11 is 5.91. The molecule has 0 heterocycles. The highest BCUT2D eigenvalue weighted by molar-refractivity contribution is 6.31. The smallest absolute Gasteiger partial charge is 0.326 e. The van der Waals surface area contributed by atoms with Crippen LogP contribution in [0.3, 0.4) is 0 Å². The Kier molecular flexibility index (Phi) is 5.98. The molecule has 1 rings (SSSR count). The Bertz CT molecular complexity index is 561. The molecule has 0 fully saturated rings. The predicted molar refractivity (Wildman–Crippen MR) is 76.4 cm³/mol. The number of amides is 2. The summed E-state index contributed by atoms with van der Waals surface area (Å²) in [7, 11) is 1.13. The number of aliphatic carboxylic acids is 1. The molecule has 21 heavy (non-hydrogen) atoms. The maximum absolute atomic E-state index is 11.7. The Labute approximate surface area is 126 Å². The molecule has 1 aromatic rings. The first-order chi connectivity index (χ1) is 9.83. The molecule has 1 atom stereocenters. The number of hydrogen-bond acceptors (Lipinski definition) is 4. The molecule has 1 aromatic carbocycles. The van der Waals surface area contributed by atoms with Gasteiger partial charge in [0.25, 0.3) is 0 Å². The minimum atomic E-state index is -1.38. The van der Waals surface area contributed by atoms with E-state index in [0.29, 0.717) is 10.7 Å². The van der Waals surface area contributed by atoms with Gasteiger partial charge in [0, 0.05) is 10.7 Å². The zero-order valence-corrected chi connectivity index (χ0v) is 12.2. The van der Waals surface area contributed by atoms with E-state index in [1.165, 1.54) is 6.07 Å². The van der Waals surface area contributed by atoms with Gasteiger partial charge in [0.15, 0.2) is 0 Å². The van der Waals surface area contributed by atoms with E-state index in [1.54, 1.807) is 12.1 Å². The molecule has 8 heteroatoms. The van der Waals surface area contributed by atoms with Crippen LogP contribution in [-0.4, -0.2) is 36.2 Å². The molecule has 0 aliphatic rings. The van der Waals surface area contributed by atoms with E-state index < -0.39 is 30.4 Å². The molecule has 0 saturated heterocycles. The summed E-state index contributed by atoms with van der Waals surface area (Å²) in [6.45, 7) is 1.81. The van der Waals surface area contributed by atoms with E-state index in [2.05, 4.69) is 15.4 Å². The van der Waals surface area contributed by atoms with Gasteiger partial charge in [-0.25, -0.2) is 9.59 Å². The summed E-state index contributed by atoms with van der Waals surface area (Å²) in [5, 5.41) is 14.0. The molecule has 114 valence electrons. The number of carbonyl (C=O) groups is 3. The minimum Gasteiger partial charge on any atom is -0.480 e. The van der Waals surface area contributed by atoms with E-state index in [0.717, 1.165) is 12.7 Å². The van der Waals surface area contributed by atoms with Gasteiger partial charge in [-0.05, 0) is 24.6 Å². The molecular formula is C13H15ClN2O5. The third-order valence-corrected chi connectivity index (χ3v) is 3.04. The molecule has 2 amide bonds. The lowest BCUT2D eigenvalue weighted by atomic mass is 10.2. The SMILES string of the molecule is COC(=O)C[C@H](NC(=O)Nc1ccc(C)c(Cl)c1)C(=O)O. The van der Waals surface area contributed by atoms with Crippen LogP contribution in [0.5, 0.6) is 0 Å². The summed E-state index contributed by atoms with van der Waals surface area (Å²) in [6.07, 6.45) is -0.464. The number of urea groups is 1. The van der Waals surface area contributed by atoms with Gasteiger partial charge in [-0.3, -0.25) is 4.79 Å². The number of esters is 1. The van der Waals surface area contributed by atoms with E-state index in [1.807, 2.05) is 6.92 Å². The number of rotatable bonds is 5. The molecule has 0 bridgehead atoms. The number of benzene rings is 1. The fourth-order valence-electron chi connectivity index (χ4n) is 1.45. The van der Waals surface area contributed by atoms with Crippen LogP contribution in [0.4, 0.5) is 10.5 Å². The lowest BCUT2D eigenvalue weighted by molar-refractivity contribution is -0.147. The van der Waals surface area contributed by atoms with Crippen LogP contribution < -0.4 is 10.6 Å². The molecular weight excluding hydrogens is 300 g/mol. The van der Waals surface area contributed by atoms with Gasteiger partial charge in [0.1, 0.15) is 6.04 Å². The van der Waals surface area contributed by atoms with Crippen molar-refractivity contribution in [1.29, 1.82) is 0 Å². The van der Waals surface area contributed by atoms with Crippen molar-refractivity contribution < 1.29 is 24.2 Å². The van der Waals surface area contributed by atoms with E-state index in [4.69, 9.17) is 16.7 Å². The van der Waals surface area contributed by atoms with Crippen LogP contribution in [0.1, 0.15) is 12.0 Å². The summed E-state index contributed by atoms with van der Waals surface area (Å²) in [6, 6.07) is 2.73. The van der Waals surface area contributed by atoms with Crippen molar-refractivity contribution in [2.45, 2.75) is 19.4 Å². The lowest BCUT2D eigenvalue weighted by Gasteiger charge is -2.14. The molecule has 0 aromatic heterocycles. The van der Waals surface area contributed by atoms with Crippen molar-refractivity contribution in [3.05, 3.63) is 28.8 Å². The number of halogens is 1. The molecule has 0 unspecified atom stereocenters. The number of carboxylic acids is 1. The lowest BCUT2D eigenvalue weighted by Crippen LogP contribution is -2.44. The number of carboxylic acid groups (broad SMARTS) is 1. The van der Waals surface area contributed by atoms with Crippen LogP contribution >= 0.6 is 11.6 Å².